The van der Waals surface area contributed by atoms with Crippen LogP contribution in [0.2, 0.25) is 0 Å². The number of rotatable bonds is 5. The van der Waals surface area contributed by atoms with E-state index in [2.05, 4.69) is 5.32 Å². The quantitative estimate of drug-likeness (QED) is 0.693. The first-order valence-corrected chi connectivity index (χ1v) is 11.4. The van der Waals surface area contributed by atoms with Gasteiger partial charge in [-0.25, -0.2) is 8.42 Å². The number of hydrogen-bond acceptors (Lipinski definition) is 4. The lowest BCUT2D eigenvalue weighted by Gasteiger charge is -2.30. The number of fused-ring (bicyclic) bond motifs is 1. The minimum absolute atomic E-state index is 0.132. The lowest BCUT2D eigenvalue weighted by atomic mass is 10.0. The Morgan fingerprint density at radius 2 is 1.93 bits per heavy atom. The highest BCUT2D eigenvalue weighted by molar-refractivity contribution is 7.92. The Labute approximate surface area is 168 Å². The molecule has 5 nitrogen and oxygen atoms in total. The van der Waals surface area contributed by atoms with Gasteiger partial charge >= 0.3 is 0 Å². The Bertz CT molecular complexity index is 1090. The van der Waals surface area contributed by atoms with Crippen LogP contribution in [0.1, 0.15) is 27.2 Å². The molecule has 28 heavy (non-hydrogen) atoms. The van der Waals surface area contributed by atoms with E-state index in [1.165, 1.54) is 10.4 Å². The third-order valence-electron chi connectivity index (χ3n) is 4.76. The molecule has 0 bridgehead atoms. The maximum absolute atomic E-state index is 13.3. The van der Waals surface area contributed by atoms with Crippen molar-refractivity contribution in [3.8, 4) is 0 Å². The van der Waals surface area contributed by atoms with E-state index >= 15 is 0 Å². The molecule has 0 saturated heterocycles. The highest BCUT2D eigenvalue weighted by atomic mass is 32.2. The summed E-state index contributed by atoms with van der Waals surface area (Å²) in [5.74, 6) is -0.288. The van der Waals surface area contributed by atoms with Gasteiger partial charge in [0.05, 0.1) is 17.1 Å². The molecule has 2 aromatic carbocycles. The van der Waals surface area contributed by atoms with Gasteiger partial charge in [0.15, 0.2) is 0 Å². The molecule has 1 N–H and O–H groups in total. The number of thiophene rings is 1. The van der Waals surface area contributed by atoms with Gasteiger partial charge in [-0.1, -0.05) is 30.3 Å². The first-order chi connectivity index (χ1) is 13.6. The van der Waals surface area contributed by atoms with Crippen LogP contribution in [0.25, 0.3) is 0 Å². The number of sulfonamides is 1. The molecule has 144 valence electrons. The van der Waals surface area contributed by atoms with Crippen molar-refractivity contribution in [2.45, 2.75) is 24.3 Å². The molecule has 4 rings (SSSR count). The van der Waals surface area contributed by atoms with Crippen molar-refractivity contribution in [3.05, 3.63) is 82.0 Å². The lowest BCUT2D eigenvalue weighted by Crippen LogP contribution is -2.35. The molecule has 0 atom stereocenters. The van der Waals surface area contributed by atoms with E-state index in [4.69, 9.17) is 0 Å². The minimum Gasteiger partial charge on any atom is -0.347 e. The maximum atomic E-state index is 13.3. The third kappa shape index (κ3) is 3.68. The van der Waals surface area contributed by atoms with Crippen LogP contribution >= 0.6 is 11.3 Å². The second-order valence-electron chi connectivity index (χ2n) is 6.60. The zero-order valence-electron chi connectivity index (χ0n) is 15.2. The van der Waals surface area contributed by atoms with Crippen molar-refractivity contribution >= 4 is 33.0 Å². The monoisotopic (exact) mass is 412 g/mol. The number of aryl methyl sites for hydroxylation is 1. The van der Waals surface area contributed by atoms with Crippen LogP contribution in [0.3, 0.4) is 0 Å². The van der Waals surface area contributed by atoms with E-state index < -0.39 is 10.0 Å². The summed E-state index contributed by atoms with van der Waals surface area (Å²) in [5, 5.41) is 4.79. The van der Waals surface area contributed by atoms with Crippen molar-refractivity contribution in [2.75, 3.05) is 10.8 Å². The smallest absolute Gasteiger partial charge is 0.264 e. The highest BCUT2D eigenvalue weighted by Gasteiger charge is 2.29. The molecule has 1 aromatic heterocycles. The molecule has 1 amide bonds. The van der Waals surface area contributed by atoms with E-state index in [1.807, 2.05) is 41.8 Å². The van der Waals surface area contributed by atoms with E-state index in [0.717, 1.165) is 29.0 Å². The second kappa shape index (κ2) is 7.77. The number of carbonyl (C=O) groups is 1. The number of nitrogens with zero attached hydrogens (tertiary/aromatic N) is 1. The zero-order chi connectivity index (χ0) is 19.6. The van der Waals surface area contributed by atoms with Gasteiger partial charge in [0.25, 0.3) is 15.9 Å². The van der Waals surface area contributed by atoms with Crippen molar-refractivity contribution in [3.63, 3.8) is 0 Å². The summed E-state index contributed by atoms with van der Waals surface area (Å²) in [4.78, 5) is 13.7. The normalized spacial score (nSPS) is 13.8. The molecule has 0 radical (unpaired) electrons. The first kappa shape index (κ1) is 18.7. The zero-order valence-corrected chi connectivity index (χ0v) is 16.8. The molecule has 3 aromatic rings. The van der Waals surface area contributed by atoms with E-state index in [-0.39, 0.29) is 10.8 Å². The summed E-state index contributed by atoms with van der Waals surface area (Å²) in [6.07, 6.45) is 1.64. The number of amides is 1. The van der Waals surface area contributed by atoms with Gasteiger partial charge < -0.3 is 5.32 Å². The molecular formula is C21H20N2O3S2. The van der Waals surface area contributed by atoms with Crippen molar-refractivity contribution in [2.24, 2.45) is 0 Å². The van der Waals surface area contributed by atoms with Crippen LogP contribution < -0.4 is 9.62 Å². The van der Waals surface area contributed by atoms with Gasteiger partial charge in [0.1, 0.15) is 0 Å². The SMILES string of the molecule is O=C(NCc1cccs1)c1cccc(S(=O)(=O)N2CCCc3ccccc32)c1. The van der Waals surface area contributed by atoms with Crippen LogP contribution in [-0.4, -0.2) is 20.9 Å². The maximum Gasteiger partial charge on any atom is 0.264 e. The van der Waals surface area contributed by atoms with Gasteiger partial charge in [0.2, 0.25) is 0 Å². The minimum atomic E-state index is -3.73. The first-order valence-electron chi connectivity index (χ1n) is 9.07. The topological polar surface area (TPSA) is 66.5 Å². The summed E-state index contributed by atoms with van der Waals surface area (Å²) < 4.78 is 28.0. The fourth-order valence-electron chi connectivity index (χ4n) is 3.36. The van der Waals surface area contributed by atoms with Crippen LogP contribution in [0.4, 0.5) is 5.69 Å². The Morgan fingerprint density at radius 1 is 1.07 bits per heavy atom. The average Bonchev–Trinajstić information content (AvgIpc) is 3.25. The van der Waals surface area contributed by atoms with E-state index in [0.29, 0.717) is 18.7 Å². The largest absolute Gasteiger partial charge is 0.347 e. The average molecular weight is 413 g/mol. The fourth-order valence-corrected chi connectivity index (χ4v) is 5.59. The molecule has 7 heteroatoms. The van der Waals surface area contributed by atoms with Gasteiger partial charge in [-0.3, -0.25) is 9.10 Å². The molecule has 0 fully saturated rings. The number of anilines is 1. The lowest BCUT2D eigenvalue weighted by molar-refractivity contribution is 0.0951. The van der Waals surface area contributed by atoms with Gasteiger partial charge in [-0.05, 0) is 54.1 Å². The number of benzene rings is 2. The molecule has 1 aliphatic heterocycles. The van der Waals surface area contributed by atoms with Crippen molar-refractivity contribution in [1.82, 2.24) is 5.32 Å². The van der Waals surface area contributed by atoms with Crippen LogP contribution in [0, 0.1) is 0 Å². The summed E-state index contributed by atoms with van der Waals surface area (Å²) in [7, 11) is -3.73. The standard InChI is InChI=1S/C21H20N2O3S2/c24-21(22-15-18-9-5-13-27-18)17-7-3-10-19(14-17)28(25,26)23-12-4-8-16-6-1-2-11-20(16)23/h1-3,5-7,9-11,13-14H,4,8,12,15H2,(H,22,24). The molecular weight excluding hydrogens is 392 g/mol. The van der Waals surface area contributed by atoms with E-state index in [1.54, 1.807) is 29.5 Å². The highest BCUT2D eigenvalue weighted by Crippen LogP contribution is 2.31. The molecule has 0 unspecified atom stereocenters. The summed E-state index contributed by atoms with van der Waals surface area (Å²) >= 11 is 1.56. The molecule has 2 heterocycles. The van der Waals surface area contributed by atoms with E-state index in [9.17, 15) is 13.2 Å². The number of hydrogen-bond donors (Lipinski definition) is 1. The summed E-state index contributed by atoms with van der Waals surface area (Å²) in [6.45, 7) is 0.862. The Balaban J connectivity index is 1.59. The molecule has 0 spiro atoms. The predicted molar refractivity (Wildman–Crippen MR) is 111 cm³/mol. The second-order valence-corrected chi connectivity index (χ2v) is 9.49. The van der Waals surface area contributed by atoms with Crippen LogP contribution in [0.15, 0.2) is 70.9 Å². The van der Waals surface area contributed by atoms with Gasteiger partial charge in [-0.15, -0.1) is 11.3 Å². The van der Waals surface area contributed by atoms with Gasteiger partial charge in [0, 0.05) is 17.0 Å². The summed E-state index contributed by atoms with van der Waals surface area (Å²) in [6, 6.07) is 17.7. The van der Waals surface area contributed by atoms with Crippen LogP contribution in [0.5, 0.6) is 0 Å². The molecule has 1 aliphatic rings. The summed E-state index contributed by atoms with van der Waals surface area (Å²) in [5.41, 5.74) is 2.09. The molecule has 0 saturated carbocycles. The van der Waals surface area contributed by atoms with Crippen molar-refractivity contribution in [1.29, 1.82) is 0 Å². The predicted octanol–water partition coefficient (Wildman–Crippen LogP) is 3.82. The molecule has 0 aliphatic carbocycles. The third-order valence-corrected chi connectivity index (χ3v) is 7.44. The Kier molecular flexibility index (Phi) is 5.19. The number of nitrogens with one attached hydrogen (secondary N) is 1. The number of para-hydroxylation sites is 1. The van der Waals surface area contributed by atoms with Crippen LogP contribution in [-0.2, 0) is 23.0 Å². The Morgan fingerprint density at radius 3 is 2.75 bits per heavy atom. The Hall–Kier alpha value is -2.64. The fraction of sp³-hybridized carbons (Fsp3) is 0.190. The van der Waals surface area contributed by atoms with Crippen molar-refractivity contribution < 1.29 is 13.2 Å². The number of carbonyl (C=O) groups excluding carboxylic acids is 1. The van der Waals surface area contributed by atoms with Gasteiger partial charge in [-0.2, -0.15) is 0 Å².